The number of hydrogen-bond acceptors (Lipinski definition) is 6. The van der Waals surface area contributed by atoms with E-state index in [1.165, 1.54) is 4.90 Å². The van der Waals surface area contributed by atoms with Gasteiger partial charge in [-0.15, -0.1) is 13.2 Å². The van der Waals surface area contributed by atoms with Gasteiger partial charge >= 0.3 is 5.97 Å². The van der Waals surface area contributed by atoms with Crippen LogP contribution in [0.3, 0.4) is 0 Å². The maximum atomic E-state index is 14.0. The highest BCUT2D eigenvalue weighted by atomic mass is 16.6. The lowest BCUT2D eigenvalue weighted by atomic mass is 9.66. The van der Waals surface area contributed by atoms with Gasteiger partial charge in [-0.25, -0.2) is 0 Å². The Morgan fingerprint density at radius 3 is 2.70 bits per heavy atom. The van der Waals surface area contributed by atoms with E-state index in [4.69, 9.17) is 9.47 Å². The highest BCUT2D eigenvalue weighted by molar-refractivity contribution is 5.98. The van der Waals surface area contributed by atoms with Crippen LogP contribution in [0.4, 0.5) is 0 Å². The van der Waals surface area contributed by atoms with E-state index < -0.39 is 35.0 Å². The molecule has 3 saturated heterocycles. The molecule has 0 radical (unpaired) electrons. The average molecular weight is 463 g/mol. The molecule has 0 aliphatic carbocycles. The summed E-state index contributed by atoms with van der Waals surface area (Å²) in [6, 6.07) is -0.940. The number of fused-ring (bicyclic) bond motifs is 1. The van der Waals surface area contributed by atoms with E-state index in [1.54, 1.807) is 17.1 Å². The van der Waals surface area contributed by atoms with Crippen molar-refractivity contribution in [2.45, 2.75) is 76.2 Å². The molecule has 8 heteroatoms. The van der Waals surface area contributed by atoms with Gasteiger partial charge in [0.1, 0.15) is 17.6 Å². The summed E-state index contributed by atoms with van der Waals surface area (Å²) in [6.45, 7) is 13.6. The molecule has 0 aromatic rings. The number of esters is 1. The van der Waals surface area contributed by atoms with Crippen LogP contribution in [-0.4, -0.2) is 82.3 Å². The number of amides is 2. The van der Waals surface area contributed by atoms with Crippen LogP contribution in [0.2, 0.25) is 0 Å². The smallest absolute Gasteiger partial charge is 0.312 e. The zero-order valence-electron chi connectivity index (χ0n) is 20.1. The van der Waals surface area contributed by atoms with Crippen molar-refractivity contribution in [3.63, 3.8) is 0 Å². The van der Waals surface area contributed by atoms with Crippen molar-refractivity contribution in [3.05, 3.63) is 25.3 Å². The van der Waals surface area contributed by atoms with E-state index >= 15 is 0 Å². The fraction of sp³-hybridized carbons (Fsp3) is 0.720. The topological polar surface area (TPSA) is 96.4 Å². The molecule has 0 aromatic heterocycles. The second-order valence-electron chi connectivity index (χ2n) is 9.64. The molecule has 3 unspecified atom stereocenters. The summed E-state index contributed by atoms with van der Waals surface area (Å²) < 4.78 is 12.0. The molecule has 184 valence electrons. The fourth-order valence-corrected chi connectivity index (χ4v) is 6.10. The molecular weight excluding hydrogens is 424 g/mol. The van der Waals surface area contributed by atoms with Gasteiger partial charge in [-0.05, 0) is 39.5 Å². The minimum absolute atomic E-state index is 0.00981. The maximum Gasteiger partial charge on any atom is 0.312 e. The first-order valence-electron chi connectivity index (χ1n) is 12.0. The van der Waals surface area contributed by atoms with E-state index in [0.717, 1.165) is 12.8 Å². The molecule has 3 aliphatic heterocycles. The van der Waals surface area contributed by atoms with Crippen molar-refractivity contribution in [2.24, 2.45) is 11.8 Å². The van der Waals surface area contributed by atoms with Gasteiger partial charge in [0.15, 0.2) is 0 Å². The molecule has 1 N–H and O–H groups in total. The highest BCUT2D eigenvalue weighted by Gasteiger charge is 2.78. The zero-order valence-corrected chi connectivity index (χ0v) is 20.1. The molecule has 6 atom stereocenters. The Kier molecular flexibility index (Phi) is 7.69. The molecule has 1 spiro atoms. The number of ether oxygens (including phenoxy) is 2. The standard InChI is InChI=1S/C25H38N2O6/c1-6-9-16-32-23(31)19-18-21(29)27(14-15-28)20(25(18)12-11-24(19,5)33-25)22(30)26(13-8-3)17(4)10-7-2/h6,8,17-20,28H,1,3,7,9-16H2,2,4-5H3/t17?,18-,19-,20?,24+,25?/m0/s1. The van der Waals surface area contributed by atoms with Gasteiger partial charge in [0, 0.05) is 19.1 Å². The number of carbonyl (C=O) groups excluding carboxylic acids is 3. The average Bonchev–Trinajstić information content (AvgIpc) is 3.33. The first-order chi connectivity index (χ1) is 15.7. The maximum absolute atomic E-state index is 14.0. The molecule has 3 rings (SSSR count). The Balaban J connectivity index is 2.00. The number of nitrogens with zero attached hydrogens (tertiary/aromatic N) is 2. The lowest BCUT2D eigenvalue weighted by Gasteiger charge is -2.38. The quantitative estimate of drug-likeness (QED) is 0.271. The van der Waals surface area contributed by atoms with Crippen LogP contribution in [0, 0.1) is 11.8 Å². The van der Waals surface area contributed by atoms with E-state index in [2.05, 4.69) is 20.1 Å². The number of hydrogen-bond donors (Lipinski definition) is 1. The van der Waals surface area contributed by atoms with Crippen LogP contribution in [0.5, 0.6) is 0 Å². The molecule has 3 fully saturated rings. The fourth-order valence-electron chi connectivity index (χ4n) is 6.10. The number of likely N-dealkylation sites (tertiary alicyclic amines) is 1. The van der Waals surface area contributed by atoms with Gasteiger partial charge in [0.2, 0.25) is 11.8 Å². The third-order valence-corrected chi connectivity index (χ3v) is 7.52. The number of aliphatic hydroxyl groups is 1. The summed E-state index contributed by atoms with van der Waals surface area (Å²) >= 11 is 0. The van der Waals surface area contributed by atoms with Crippen LogP contribution < -0.4 is 0 Å². The van der Waals surface area contributed by atoms with Crippen LogP contribution >= 0.6 is 0 Å². The molecule has 2 amide bonds. The van der Waals surface area contributed by atoms with Gasteiger partial charge in [-0.2, -0.15) is 0 Å². The molecule has 33 heavy (non-hydrogen) atoms. The number of rotatable bonds is 12. The minimum Gasteiger partial charge on any atom is -0.465 e. The predicted octanol–water partition coefficient (Wildman–Crippen LogP) is 2.07. The van der Waals surface area contributed by atoms with Crippen molar-refractivity contribution >= 4 is 17.8 Å². The third kappa shape index (κ3) is 4.12. The summed E-state index contributed by atoms with van der Waals surface area (Å²) in [6.07, 6.45) is 6.64. The summed E-state index contributed by atoms with van der Waals surface area (Å²) in [5, 5.41) is 9.70. The Bertz CT molecular complexity index is 800. The summed E-state index contributed by atoms with van der Waals surface area (Å²) in [5.41, 5.74) is -1.97. The van der Waals surface area contributed by atoms with Crippen LogP contribution in [-0.2, 0) is 23.9 Å². The first-order valence-corrected chi connectivity index (χ1v) is 12.0. The van der Waals surface area contributed by atoms with E-state index in [0.29, 0.717) is 25.8 Å². The third-order valence-electron chi connectivity index (χ3n) is 7.52. The molecule has 0 saturated carbocycles. The van der Waals surface area contributed by atoms with Gasteiger partial charge in [0.25, 0.3) is 0 Å². The van der Waals surface area contributed by atoms with Crippen LogP contribution in [0.1, 0.15) is 52.9 Å². The highest BCUT2D eigenvalue weighted by Crippen LogP contribution is 2.63. The van der Waals surface area contributed by atoms with E-state index in [1.807, 2.05) is 13.8 Å². The molecular formula is C25H38N2O6. The molecule has 3 heterocycles. The second kappa shape index (κ2) is 9.97. The predicted molar refractivity (Wildman–Crippen MR) is 123 cm³/mol. The van der Waals surface area contributed by atoms with Crippen molar-refractivity contribution in [2.75, 3.05) is 26.3 Å². The zero-order chi connectivity index (χ0) is 24.4. The van der Waals surface area contributed by atoms with Crippen LogP contribution in [0.25, 0.3) is 0 Å². The van der Waals surface area contributed by atoms with Crippen molar-refractivity contribution < 1.29 is 29.0 Å². The lowest BCUT2D eigenvalue weighted by Crippen LogP contribution is -2.58. The number of aliphatic hydroxyl groups excluding tert-OH is 1. The monoisotopic (exact) mass is 462 g/mol. The SMILES string of the molecule is C=CCCOC(=O)[C@@H]1[C@H]2C(=O)N(CCO)C(C(=O)N(CC=C)C(C)CCC)C23CC[C@@]1(C)O3. The van der Waals surface area contributed by atoms with Crippen molar-refractivity contribution in [1.82, 2.24) is 9.80 Å². The largest absolute Gasteiger partial charge is 0.465 e. The Morgan fingerprint density at radius 2 is 2.09 bits per heavy atom. The Labute approximate surface area is 196 Å². The molecule has 3 aliphatic rings. The first kappa shape index (κ1) is 25.4. The van der Waals surface area contributed by atoms with Gasteiger partial charge in [0.05, 0.1) is 24.7 Å². The minimum atomic E-state index is -1.11. The summed E-state index contributed by atoms with van der Waals surface area (Å²) in [5.74, 6) is -2.61. The van der Waals surface area contributed by atoms with Gasteiger partial charge in [-0.1, -0.05) is 25.5 Å². The molecule has 2 bridgehead atoms. The molecule has 8 nitrogen and oxygen atoms in total. The normalized spacial score (nSPS) is 33.0. The lowest BCUT2D eigenvalue weighted by molar-refractivity contribution is -0.160. The van der Waals surface area contributed by atoms with Crippen molar-refractivity contribution in [3.8, 4) is 0 Å². The summed E-state index contributed by atoms with van der Waals surface area (Å²) in [4.78, 5) is 43.9. The summed E-state index contributed by atoms with van der Waals surface area (Å²) in [7, 11) is 0. The van der Waals surface area contributed by atoms with Crippen molar-refractivity contribution in [1.29, 1.82) is 0 Å². The Hall–Kier alpha value is -2.19. The van der Waals surface area contributed by atoms with E-state index in [-0.39, 0.29) is 37.6 Å². The molecule has 0 aromatic carbocycles. The van der Waals surface area contributed by atoms with Gasteiger partial charge in [-0.3, -0.25) is 14.4 Å². The Morgan fingerprint density at radius 1 is 1.36 bits per heavy atom. The van der Waals surface area contributed by atoms with E-state index in [9.17, 15) is 19.5 Å². The van der Waals surface area contributed by atoms with Gasteiger partial charge < -0.3 is 24.4 Å². The van der Waals surface area contributed by atoms with Crippen LogP contribution in [0.15, 0.2) is 25.3 Å². The number of carbonyl (C=O) groups is 3. The second-order valence-corrected chi connectivity index (χ2v) is 9.64. The number of β-amino-alcohol motifs (C(OH)–C–C–N with tert-alkyl or cyclic N) is 1.